The summed E-state index contributed by atoms with van der Waals surface area (Å²) in [5, 5.41) is 20.7. The number of carbonyl (C=O) groups excluding carboxylic acids is 1. The van der Waals surface area contributed by atoms with E-state index in [9.17, 15) is 19.8 Å². The van der Waals surface area contributed by atoms with Crippen molar-refractivity contribution in [3.05, 3.63) is 0 Å². The molecule has 0 aromatic heterocycles. The van der Waals surface area contributed by atoms with Gasteiger partial charge in [0.15, 0.2) is 0 Å². The quantitative estimate of drug-likeness (QED) is 0.770. The van der Waals surface area contributed by atoms with Gasteiger partial charge in [-0.3, -0.25) is 9.59 Å². The summed E-state index contributed by atoms with van der Waals surface area (Å²) in [6, 6.07) is 0. The van der Waals surface area contributed by atoms with E-state index < -0.39 is 22.9 Å². The molecule has 0 radical (unpaired) electrons. The summed E-state index contributed by atoms with van der Waals surface area (Å²) in [6.45, 7) is 6.14. The van der Waals surface area contributed by atoms with E-state index in [0.717, 1.165) is 38.5 Å². The van der Waals surface area contributed by atoms with E-state index in [2.05, 4.69) is 6.92 Å². The SMILES string of the molecule is C[C@@]12CCC[C@@](C)(C(=O)O)[C@H]1CC[C@]13CC(=O)[C@](C)(C1)[C@H](O)C[C@H]32. The minimum atomic E-state index is -0.668. The fraction of sp³-hybridized carbons (Fsp3) is 0.900. The molecule has 0 amide bonds. The Morgan fingerprint density at radius 1 is 1.12 bits per heavy atom. The number of aliphatic carboxylic acids is 1. The van der Waals surface area contributed by atoms with E-state index in [1.54, 1.807) is 0 Å². The Morgan fingerprint density at radius 2 is 1.83 bits per heavy atom. The molecule has 7 atom stereocenters. The number of aliphatic hydroxyl groups excluding tert-OH is 1. The maximum atomic E-state index is 12.7. The van der Waals surface area contributed by atoms with Crippen LogP contribution in [0.3, 0.4) is 0 Å². The average molecular weight is 334 g/mol. The van der Waals surface area contributed by atoms with E-state index in [4.69, 9.17) is 0 Å². The maximum Gasteiger partial charge on any atom is 0.309 e. The summed E-state index contributed by atoms with van der Waals surface area (Å²) in [4.78, 5) is 24.7. The van der Waals surface area contributed by atoms with Gasteiger partial charge in [-0.2, -0.15) is 0 Å². The number of fused-ring (bicyclic) bond motifs is 3. The van der Waals surface area contributed by atoms with Crippen molar-refractivity contribution < 1.29 is 19.8 Å². The Balaban J connectivity index is 1.78. The number of Topliss-reactive ketones (excluding diaryl/α,β-unsaturated/α-hetero) is 1. The molecule has 24 heavy (non-hydrogen) atoms. The highest BCUT2D eigenvalue weighted by Crippen LogP contribution is 2.72. The molecule has 2 bridgehead atoms. The van der Waals surface area contributed by atoms with E-state index in [1.165, 1.54) is 0 Å². The number of rotatable bonds is 1. The van der Waals surface area contributed by atoms with Gasteiger partial charge >= 0.3 is 5.97 Å². The number of carboxylic acids is 1. The van der Waals surface area contributed by atoms with E-state index in [-0.39, 0.29) is 28.4 Å². The van der Waals surface area contributed by atoms with Crippen LogP contribution in [0.15, 0.2) is 0 Å². The molecule has 4 saturated carbocycles. The zero-order valence-corrected chi connectivity index (χ0v) is 15.1. The second-order valence-corrected chi connectivity index (χ2v) is 10.0. The molecule has 4 rings (SSSR count). The number of carboxylic acid groups (broad SMARTS) is 1. The van der Waals surface area contributed by atoms with Crippen LogP contribution in [0, 0.1) is 33.5 Å². The third-order valence-electron chi connectivity index (χ3n) is 8.99. The smallest absolute Gasteiger partial charge is 0.309 e. The Hall–Kier alpha value is -0.900. The van der Waals surface area contributed by atoms with Crippen molar-refractivity contribution in [2.75, 3.05) is 0 Å². The summed E-state index contributed by atoms with van der Waals surface area (Å²) in [7, 11) is 0. The van der Waals surface area contributed by atoms with Crippen LogP contribution in [0.25, 0.3) is 0 Å². The van der Waals surface area contributed by atoms with Gasteiger partial charge in [0.1, 0.15) is 5.78 Å². The highest BCUT2D eigenvalue weighted by Gasteiger charge is 2.70. The van der Waals surface area contributed by atoms with Crippen LogP contribution >= 0.6 is 0 Å². The molecule has 134 valence electrons. The van der Waals surface area contributed by atoms with Crippen molar-refractivity contribution in [1.82, 2.24) is 0 Å². The molecule has 0 unspecified atom stereocenters. The number of carbonyl (C=O) groups is 2. The van der Waals surface area contributed by atoms with Crippen molar-refractivity contribution in [2.24, 2.45) is 33.5 Å². The summed E-state index contributed by atoms with van der Waals surface area (Å²) in [5.74, 6) is -0.00851. The Labute approximate surface area is 144 Å². The van der Waals surface area contributed by atoms with Gasteiger partial charge < -0.3 is 10.2 Å². The van der Waals surface area contributed by atoms with Gasteiger partial charge in [-0.05, 0) is 68.1 Å². The van der Waals surface area contributed by atoms with Crippen LogP contribution in [0.4, 0.5) is 0 Å². The number of hydrogen-bond donors (Lipinski definition) is 2. The lowest BCUT2D eigenvalue weighted by Gasteiger charge is -2.64. The van der Waals surface area contributed by atoms with E-state index in [1.807, 2.05) is 13.8 Å². The first-order valence-corrected chi connectivity index (χ1v) is 9.53. The molecule has 4 aliphatic rings. The highest BCUT2D eigenvalue weighted by molar-refractivity contribution is 5.89. The summed E-state index contributed by atoms with van der Waals surface area (Å²) >= 11 is 0. The molecule has 4 nitrogen and oxygen atoms in total. The molecule has 2 N–H and O–H groups in total. The first kappa shape index (κ1) is 16.6. The number of ketones is 1. The minimum absolute atomic E-state index is 0.00701. The first-order valence-electron chi connectivity index (χ1n) is 9.53. The van der Waals surface area contributed by atoms with Gasteiger partial charge in [0.2, 0.25) is 0 Å². The van der Waals surface area contributed by atoms with Gasteiger partial charge in [-0.25, -0.2) is 0 Å². The van der Waals surface area contributed by atoms with Crippen LogP contribution in [0.1, 0.15) is 72.1 Å². The van der Waals surface area contributed by atoms with Gasteiger partial charge in [0, 0.05) is 6.42 Å². The van der Waals surface area contributed by atoms with Gasteiger partial charge in [-0.1, -0.05) is 20.3 Å². The normalized spacial score (nSPS) is 56.5. The average Bonchev–Trinajstić information content (AvgIpc) is 2.71. The molecule has 4 aliphatic carbocycles. The molecule has 4 heteroatoms. The van der Waals surface area contributed by atoms with E-state index in [0.29, 0.717) is 12.8 Å². The van der Waals surface area contributed by atoms with Gasteiger partial charge in [-0.15, -0.1) is 0 Å². The predicted octanol–water partition coefficient (Wildman–Crippen LogP) is 3.41. The molecular weight excluding hydrogens is 304 g/mol. The van der Waals surface area contributed by atoms with Crippen LogP contribution < -0.4 is 0 Å². The number of aliphatic hydroxyl groups is 1. The second kappa shape index (κ2) is 4.63. The third-order valence-corrected chi connectivity index (χ3v) is 8.99. The third kappa shape index (κ3) is 1.73. The fourth-order valence-electron chi connectivity index (χ4n) is 7.68. The lowest BCUT2D eigenvalue weighted by molar-refractivity contribution is -0.191. The Morgan fingerprint density at radius 3 is 2.50 bits per heavy atom. The number of hydrogen-bond acceptors (Lipinski definition) is 3. The van der Waals surface area contributed by atoms with Gasteiger partial charge in [0.25, 0.3) is 0 Å². The molecule has 0 saturated heterocycles. The molecule has 4 fully saturated rings. The monoisotopic (exact) mass is 334 g/mol. The topological polar surface area (TPSA) is 74.6 Å². The standard InChI is InChI=1S/C20H30O4/c1-17-6-4-7-18(2,16(23)24)12(17)5-8-20-10-15(22)19(3,11-20)14(21)9-13(17)20/h12-14,21H,4-11H2,1-3H3,(H,23,24)/t12-,13-,14+,17+,18+,19+,20-/m0/s1. The largest absolute Gasteiger partial charge is 0.481 e. The molecule has 0 aliphatic heterocycles. The van der Waals surface area contributed by atoms with Crippen LogP contribution in [-0.4, -0.2) is 28.1 Å². The van der Waals surface area contributed by atoms with Crippen molar-refractivity contribution >= 4 is 11.8 Å². The first-order chi connectivity index (χ1) is 11.1. The minimum Gasteiger partial charge on any atom is -0.481 e. The molecular formula is C20H30O4. The Bertz CT molecular complexity index is 615. The second-order valence-electron chi connectivity index (χ2n) is 10.0. The molecule has 0 aromatic carbocycles. The van der Waals surface area contributed by atoms with Crippen molar-refractivity contribution in [3.8, 4) is 0 Å². The van der Waals surface area contributed by atoms with Crippen molar-refractivity contribution in [1.29, 1.82) is 0 Å². The molecule has 1 spiro atoms. The van der Waals surface area contributed by atoms with E-state index >= 15 is 0 Å². The highest BCUT2D eigenvalue weighted by atomic mass is 16.4. The molecule has 0 heterocycles. The van der Waals surface area contributed by atoms with Crippen LogP contribution in [0.2, 0.25) is 0 Å². The lowest BCUT2D eigenvalue weighted by atomic mass is 9.40. The fourth-order valence-corrected chi connectivity index (χ4v) is 7.68. The van der Waals surface area contributed by atoms with Crippen molar-refractivity contribution in [2.45, 2.75) is 78.2 Å². The van der Waals surface area contributed by atoms with Gasteiger partial charge in [0.05, 0.1) is 16.9 Å². The summed E-state index contributed by atoms with van der Waals surface area (Å²) in [5.41, 5.74) is -1.29. The maximum absolute atomic E-state index is 12.7. The van der Waals surface area contributed by atoms with Crippen molar-refractivity contribution in [3.63, 3.8) is 0 Å². The Kier molecular flexibility index (Phi) is 3.19. The van der Waals surface area contributed by atoms with Crippen LogP contribution in [0.5, 0.6) is 0 Å². The lowest BCUT2D eigenvalue weighted by Crippen LogP contribution is -2.60. The molecule has 0 aromatic rings. The zero-order valence-electron chi connectivity index (χ0n) is 15.1. The predicted molar refractivity (Wildman–Crippen MR) is 89.3 cm³/mol. The zero-order chi connectivity index (χ0) is 17.5. The summed E-state index contributed by atoms with van der Waals surface area (Å²) in [6.07, 6.45) is 6.08. The summed E-state index contributed by atoms with van der Waals surface area (Å²) < 4.78 is 0. The van der Waals surface area contributed by atoms with Crippen LogP contribution in [-0.2, 0) is 9.59 Å².